The van der Waals surface area contributed by atoms with E-state index in [0.717, 1.165) is 25.7 Å². The molecule has 4 nitrogen and oxygen atoms in total. The number of carboxylic acid groups (broad SMARTS) is 1. The number of aliphatic carboxylic acids is 1. The Morgan fingerprint density at radius 1 is 1.39 bits per heavy atom. The van der Waals surface area contributed by atoms with E-state index in [4.69, 9.17) is 9.84 Å². The van der Waals surface area contributed by atoms with Crippen LogP contribution in [0.4, 0.5) is 0 Å². The Labute approximate surface area is 111 Å². The van der Waals surface area contributed by atoms with Crippen molar-refractivity contribution in [3.05, 3.63) is 0 Å². The molecular formula is C13H22O4S. The molecule has 0 spiro atoms. The second-order valence-corrected chi connectivity index (χ2v) is 7.86. The van der Waals surface area contributed by atoms with Gasteiger partial charge in [0.05, 0.1) is 18.1 Å². The second kappa shape index (κ2) is 4.93. The first-order valence-electron chi connectivity index (χ1n) is 6.55. The van der Waals surface area contributed by atoms with Crippen molar-refractivity contribution >= 4 is 16.8 Å². The van der Waals surface area contributed by atoms with Crippen molar-refractivity contribution in [3.8, 4) is 0 Å². The van der Waals surface area contributed by atoms with Gasteiger partial charge >= 0.3 is 5.97 Å². The minimum atomic E-state index is -0.955. The quantitative estimate of drug-likeness (QED) is 0.804. The summed E-state index contributed by atoms with van der Waals surface area (Å²) in [6, 6.07) is 0. The van der Waals surface area contributed by atoms with E-state index in [-0.39, 0.29) is 23.5 Å². The van der Waals surface area contributed by atoms with Gasteiger partial charge in [0.1, 0.15) is 0 Å². The highest BCUT2D eigenvalue weighted by molar-refractivity contribution is 7.85. The molecule has 1 aliphatic heterocycles. The summed E-state index contributed by atoms with van der Waals surface area (Å²) in [5, 5.41) is 8.83. The standard InChI is InChI=1S/C13H22O4S/c1-12(2)4-3-10(17-12)8-18(16)9-13(5-6-13)7-11(14)15/h10H,3-9H2,1-2H3,(H,14,15). The number of carbonyl (C=O) groups is 1. The van der Waals surface area contributed by atoms with Crippen LogP contribution in [-0.2, 0) is 20.3 Å². The van der Waals surface area contributed by atoms with Crippen LogP contribution in [0.5, 0.6) is 0 Å². The maximum Gasteiger partial charge on any atom is 0.303 e. The Kier molecular flexibility index (Phi) is 3.83. The molecule has 0 aromatic carbocycles. The largest absolute Gasteiger partial charge is 0.481 e. The fourth-order valence-corrected chi connectivity index (χ4v) is 4.51. The summed E-state index contributed by atoms with van der Waals surface area (Å²) in [5.41, 5.74) is -0.266. The van der Waals surface area contributed by atoms with Gasteiger partial charge in [0.2, 0.25) is 0 Å². The van der Waals surface area contributed by atoms with Crippen LogP contribution in [0.2, 0.25) is 0 Å². The van der Waals surface area contributed by atoms with Gasteiger partial charge in [-0.2, -0.15) is 0 Å². The van der Waals surface area contributed by atoms with Crippen LogP contribution in [0.3, 0.4) is 0 Å². The zero-order valence-electron chi connectivity index (χ0n) is 11.1. The molecule has 1 aliphatic carbocycles. The van der Waals surface area contributed by atoms with Crippen molar-refractivity contribution in [2.75, 3.05) is 11.5 Å². The summed E-state index contributed by atoms with van der Waals surface area (Å²) in [5.74, 6) is 0.312. The molecule has 0 aromatic rings. The van der Waals surface area contributed by atoms with Gasteiger partial charge in [-0.3, -0.25) is 9.00 Å². The van der Waals surface area contributed by atoms with Crippen molar-refractivity contribution in [1.29, 1.82) is 0 Å². The lowest BCUT2D eigenvalue weighted by Crippen LogP contribution is -2.26. The zero-order valence-corrected chi connectivity index (χ0v) is 11.9. The van der Waals surface area contributed by atoms with Crippen LogP contribution >= 0.6 is 0 Å². The molecular weight excluding hydrogens is 252 g/mol. The summed E-state index contributed by atoms with van der Waals surface area (Å²) in [6.45, 7) is 4.12. The van der Waals surface area contributed by atoms with Gasteiger partial charge in [-0.25, -0.2) is 0 Å². The first-order valence-corrected chi connectivity index (χ1v) is 8.04. The average molecular weight is 274 g/mol. The lowest BCUT2D eigenvalue weighted by molar-refractivity contribution is -0.138. The van der Waals surface area contributed by atoms with E-state index in [9.17, 15) is 9.00 Å². The van der Waals surface area contributed by atoms with E-state index in [1.165, 1.54) is 0 Å². The molecule has 2 aliphatic rings. The predicted molar refractivity (Wildman–Crippen MR) is 70.0 cm³/mol. The molecule has 104 valence electrons. The van der Waals surface area contributed by atoms with E-state index in [2.05, 4.69) is 13.8 Å². The normalized spacial score (nSPS) is 30.0. The van der Waals surface area contributed by atoms with Crippen molar-refractivity contribution in [3.63, 3.8) is 0 Å². The van der Waals surface area contributed by atoms with Crippen LogP contribution in [0.15, 0.2) is 0 Å². The first kappa shape index (κ1) is 14.0. The van der Waals surface area contributed by atoms with Gasteiger partial charge < -0.3 is 9.84 Å². The van der Waals surface area contributed by atoms with E-state index in [0.29, 0.717) is 11.5 Å². The fraction of sp³-hybridized carbons (Fsp3) is 0.923. The molecule has 18 heavy (non-hydrogen) atoms. The fourth-order valence-electron chi connectivity index (χ4n) is 2.67. The van der Waals surface area contributed by atoms with Crippen LogP contribution in [0, 0.1) is 5.41 Å². The third-order valence-electron chi connectivity index (χ3n) is 3.88. The Balaban J connectivity index is 1.78. The van der Waals surface area contributed by atoms with Crippen molar-refractivity contribution in [2.45, 2.75) is 57.7 Å². The average Bonchev–Trinajstić information content (AvgIpc) is 2.83. The second-order valence-electron chi connectivity index (χ2n) is 6.36. The lowest BCUT2D eigenvalue weighted by atomic mass is 10.1. The van der Waals surface area contributed by atoms with Crippen LogP contribution in [-0.4, -0.2) is 38.5 Å². The third kappa shape index (κ3) is 3.79. The van der Waals surface area contributed by atoms with Crippen molar-refractivity contribution in [2.24, 2.45) is 5.41 Å². The van der Waals surface area contributed by atoms with Gasteiger partial charge in [0.25, 0.3) is 0 Å². The molecule has 2 rings (SSSR count). The number of carboxylic acids is 1. The molecule has 2 unspecified atom stereocenters. The maximum atomic E-state index is 12.1. The van der Waals surface area contributed by atoms with Gasteiger partial charge in [-0.15, -0.1) is 0 Å². The highest BCUT2D eigenvalue weighted by Gasteiger charge is 2.46. The number of hydrogen-bond donors (Lipinski definition) is 1. The summed E-state index contributed by atoms with van der Waals surface area (Å²) in [6.07, 6.45) is 4.03. The minimum Gasteiger partial charge on any atom is -0.481 e. The summed E-state index contributed by atoms with van der Waals surface area (Å²) < 4.78 is 17.9. The maximum absolute atomic E-state index is 12.1. The van der Waals surface area contributed by atoms with Crippen molar-refractivity contribution < 1.29 is 18.8 Å². The monoisotopic (exact) mass is 274 g/mol. The molecule has 0 aromatic heterocycles. The summed E-state index contributed by atoms with van der Waals surface area (Å²) in [7, 11) is -0.955. The molecule has 1 saturated carbocycles. The Morgan fingerprint density at radius 2 is 2.06 bits per heavy atom. The van der Waals surface area contributed by atoms with E-state index < -0.39 is 16.8 Å². The van der Waals surface area contributed by atoms with E-state index in [1.54, 1.807) is 0 Å². The SMILES string of the molecule is CC1(C)CCC(CS(=O)CC2(CC(=O)O)CC2)O1. The summed E-state index contributed by atoms with van der Waals surface area (Å²) >= 11 is 0. The van der Waals surface area contributed by atoms with Gasteiger partial charge in [0.15, 0.2) is 0 Å². The first-order chi connectivity index (χ1) is 8.30. The molecule has 2 atom stereocenters. The molecule has 1 heterocycles. The number of ether oxygens (including phenoxy) is 1. The zero-order chi connectivity index (χ0) is 13.4. The van der Waals surface area contributed by atoms with E-state index in [1.807, 2.05) is 0 Å². The molecule has 2 fully saturated rings. The number of hydrogen-bond acceptors (Lipinski definition) is 3. The van der Waals surface area contributed by atoms with Crippen LogP contribution in [0.25, 0.3) is 0 Å². The molecule has 1 N–H and O–H groups in total. The molecule has 0 bridgehead atoms. The van der Waals surface area contributed by atoms with Crippen LogP contribution < -0.4 is 0 Å². The third-order valence-corrected chi connectivity index (χ3v) is 5.55. The highest BCUT2D eigenvalue weighted by atomic mass is 32.2. The lowest BCUT2D eigenvalue weighted by Gasteiger charge is -2.19. The van der Waals surface area contributed by atoms with E-state index >= 15 is 0 Å². The van der Waals surface area contributed by atoms with Crippen molar-refractivity contribution in [1.82, 2.24) is 0 Å². The van der Waals surface area contributed by atoms with Crippen LogP contribution in [0.1, 0.15) is 46.0 Å². The molecule has 5 heteroatoms. The minimum absolute atomic E-state index is 0.0847. The Bertz CT molecular complexity index is 360. The Hall–Kier alpha value is -0.420. The molecule has 0 radical (unpaired) electrons. The number of rotatable bonds is 6. The van der Waals surface area contributed by atoms with Gasteiger partial charge in [-0.05, 0) is 44.9 Å². The smallest absolute Gasteiger partial charge is 0.303 e. The van der Waals surface area contributed by atoms with Gasteiger partial charge in [-0.1, -0.05) is 0 Å². The van der Waals surface area contributed by atoms with Gasteiger partial charge in [0, 0.05) is 22.3 Å². The molecule has 0 amide bonds. The summed E-state index contributed by atoms with van der Waals surface area (Å²) in [4.78, 5) is 10.7. The highest BCUT2D eigenvalue weighted by Crippen LogP contribution is 2.49. The predicted octanol–water partition coefficient (Wildman–Crippen LogP) is 1.95. The molecule has 1 saturated heterocycles. The Morgan fingerprint density at radius 3 is 2.50 bits per heavy atom. The topological polar surface area (TPSA) is 63.6 Å².